The minimum Gasteiger partial charge on any atom is -0.367 e. The number of fused-ring (bicyclic) bond motifs is 5. The van der Waals surface area contributed by atoms with Gasteiger partial charge in [0.15, 0.2) is 0 Å². The van der Waals surface area contributed by atoms with E-state index in [-0.39, 0.29) is 23.7 Å². The highest BCUT2D eigenvalue weighted by Crippen LogP contribution is 2.55. The lowest BCUT2D eigenvalue weighted by Crippen LogP contribution is -2.36. The highest BCUT2D eigenvalue weighted by molar-refractivity contribution is 6.06. The lowest BCUT2D eigenvalue weighted by Gasteiger charge is -2.19. The Balaban J connectivity index is 1.50. The quantitative estimate of drug-likeness (QED) is 0.856. The minimum absolute atomic E-state index is 0.0150. The number of benzene rings is 1. The van der Waals surface area contributed by atoms with Crippen molar-refractivity contribution in [3.05, 3.63) is 30.3 Å². The number of amides is 2. The first-order valence-electron chi connectivity index (χ1n) is 7.40. The highest BCUT2D eigenvalue weighted by Gasteiger charge is 2.60. The van der Waals surface area contributed by atoms with Crippen molar-refractivity contribution >= 4 is 17.5 Å². The molecule has 0 spiro atoms. The molecule has 4 rings (SSSR count). The van der Waals surface area contributed by atoms with Crippen molar-refractivity contribution < 1.29 is 9.59 Å². The summed E-state index contributed by atoms with van der Waals surface area (Å²) in [6.45, 7) is 0.300. The molecule has 4 atom stereocenters. The highest BCUT2D eigenvalue weighted by atomic mass is 16.2. The van der Waals surface area contributed by atoms with Crippen LogP contribution in [0.3, 0.4) is 0 Å². The van der Waals surface area contributed by atoms with Crippen molar-refractivity contribution in [3.8, 4) is 0 Å². The van der Waals surface area contributed by atoms with Crippen molar-refractivity contribution in [1.82, 2.24) is 4.90 Å². The molecule has 1 N–H and O–H groups in total. The minimum atomic E-state index is -0.0150. The summed E-state index contributed by atoms with van der Waals surface area (Å²) < 4.78 is 0. The van der Waals surface area contributed by atoms with Crippen molar-refractivity contribution in [3.63, 3.8) is 0 Å². The van der Waals surface area contributed by atoms with E-state index in [4.69, 9.17) is 0 Å². The fourth-order valence-corrected chi connectivity index (χ4v) is 4.35. The molecule has 1 aromatic carbocycles. The van der Waals surface area contributed by atoms with Crippen molar-refractivity contribution in [2.24, 2.45) is 23.7 Å². The standard InChI is InChI=1S/C16H18N2O2/c19-15-13-10-6-7-11(8-10)14(13)16(20)18(15)9-17-12-4-2-1-3-5-12/h1-5,10-11,13-14,17H,6-9H2/t10-,11+,13-,14+. The van der Waals surface area contributed by atoms with E-state index in [1.165, 1.54) is 4.90 Å². The molecule has 1 aliphatic heterocycles. The number of nitrogens with zero attached hydrogens (tertiary/aromatic N) is 1. The fraction of sp³-hybridized carbons (Fsp3) is 0.500. The molecular formula is C16H18N2O2. The van der Waals surface area contributed by atoms with Crippen LogP contribution in [0.4, 0.5) is 5.69 Å². The molecule has 1 saturated heterocycles. The fourth-order valence-electron chi connectivity index (χ4n) is 4.35. The van der Waals surface area contributed by atoms with Gasteiger partial charge in [0, 0.05) is 5.69 Å². The van der Waals surface area contributed by atoms with Crippen LogP contribution in [-0.4, -0.2) is 23.4 Å². The van der Waals surface area contributed by atoms with Crippen LogP contribution < -0.4 is 5.32 Å². The lowest BCUT2D eigenvalue weighted by molar-refractivity contribution is -0.140. The molecular weight excluding hydrogens is 252 g/mol. The summed E-state index contributed by atoms with van der Waals surface area (Å²) in [6, 6.07) is 9.69. The number of anilines is 1. The second-order valence-electron chi connectivity index (χ2n) is 6.19. The molecule has 104 valence electrons. The molecule has 1 aromatic rings. The molecule has 3 aliphatic rings. The Morgan fingerprint density at radius 3 is 2.20 bits per heavy atom. The number of hydrogen-bond acceptors (Lipinski definition) is 3. The maximum absolute atomic E-state index is 12.5. The van der Waals surface area contributed by atoms with E-state index in [0.29, 0.717) is 18.5 Å². The molecule has 0 unspecified atom stereocenters. The predicted molar refractivity (Wildman–Crippen MR) is 74.6 cm³/mol. The first kappa shape index (κ1) is 11.9. The van der Waals surface area contributed by atoms with Crippen LogP contribution in [-0.2, 0) is 9.59 Å². The smallest absolute Gasteiger partial charge is 0.234 e. The second kappa shape index (κ2) is 4.33. The van der Waals surface area contributed by atoms with Gasteiger partial charge in [0.25, 0.3) is 0 Å². The van der Waals surface area contributed by atoms with Crippen LogP contribution in [0.2, 0.25) is 0 Å². The van der Waals surface area contributed by atoms with Gasteiger partial charge in [-0.1, -0.05) is 18.2 Å². The first-order valence-corrected chi connectivity index (χ1v) is 7.40. The molecule has 4 nitrogen and oxygen atoms in total. The normalized spacial score (nSPS) is 34.7. The zero-order valence-electron chi connectivity index (χ0n) is 11.3. The third kappa shape index (κ3) is 1.60. The summed E-state index contributed by atoms with van der Waals surface area (Å²) in [5.41, 5.74) is 0.938. The van der Waals surface area contributed by atoms with Crippen LogP contribution in [0, 0.1) is 23.7 Å². The zero-order chi connectivity index (χ0) is 13.7. The van der Waals surface area contributed by atoms with E-state index in [2.05, 4.69) is 5.32 Å². The van der Waals surface area contributed by atoms with Crippen LogP contribution in [0.15, 0.2) is 30.3 Å². The zero-order valence-corrected chi connectivity index (χ0v) is 11.3. The Labute approximate surface area is 118 Å². The average molecular weight is 270 g/mol. The van der Waals surface area contributed by atoms with Crippen LogP contribution in [0.5, 0.6) is 0 Å². The SMILES string of the molecule is O=C1[C@@H]2[C@@H]3CC[C@@H](C3)[C@@H]2C(=O)N1CNc1ccccc1. The Kier molecular flexibility index (Phi) is 2.59. The molecule has 1 heterocycles. The number of para-hydroxylation sites is 1. The average Bonchev–Trinajstić information content (AvgIpc) is 3.13. The van der Waals surface area contributed by atoms with Crippen molar-refractivity contribution in [2.75, 3.05) is 12.0 Å². The molecule has 2 aliphatic carbocycles. The van der Waals surface area contributed by atoms with E-state index in [0.717, 1.165) is 24.9 Å². The Morgan fingerprint density at radius 2 is 1.60 bits per heavy atom. The van der Waals surface area contributed by atoms with Crippen LogP contribution >= 0.6 is 0 Å². The van der Waals surface area contributed by atoms with Gasteiger partial charge in [-0.05, 0) is 43.2 Å². The van der Waals surface area contributed by atoms with Gasteiger partial charge >= 0.3 is 0 Å². The van der Waals surface area contributed by atoms with Gasteiger partial charge in [-0.3, -0.25) is 14.5 Å². The third-order valence-corrected chi connectivity index (χ3v) is 5.23. The predicted octanol–water partition coefficient (Wildman–Crippen LogP) is 2.09. The van der Waals surface area contributed by atoms with E-state index < -0.39 is 0 Å². The summed E-state index contributed by atoms with van der Waals surface area (Å²) in [5, 5.41) is 3.17. The summed E-state index contributed by atoms with van der Waals surface area (Å²) in [6.07, 6.45) is 3.35. The monoisotopic (exact) mass is 270 g/mol. The van der Waals surface area contributed by atoms with E-state index in [1.807, 2.05) is 30.3 Å². The third-order valence-electron chi connectivity index (χ3n) is 5.23. The first-order chi connectivity index (χ1) is 9.75. The molecule has 2 saturated carbocycles. The van der Waals surface area contributed by atoms with E-state index in [1.54, 1.807) is 0 Å². The second-order valence-corrected chi connectivity index (χ2v) is 6.19. The Hall–Kier alpha value is -1.84. The van der Waals surface area contributed by atoms with Crippen molar-refractivity contribution in [1.29, 1.82) is 0 Å². The number of rotatable bonds is 3. The number of hydrogen-bond donors (Lipinski definition) is 1. The van der Waals surface area contributed by atoms with E-state index in [9.17, 15) is 9.59 Å². The van der Waals surface area contributed by atoms with Gasteiger partial charge in [-0.25, -0.2) is 0 Å². The van der Waals surface area contributed by atoms with Crippen molar-refractivity contribution in [2.45, 2.75) is 19.3 Å². The number of carbonyl (C=O) groups excluding carboxylic acids is 2. The van der Waals surface area contributed by atoms with E-state index >= 15 is 0 Å². The summed E-state index contributed by atoms with van der Waals surface area (Å²) in [4.78, 5) is 26.4. The molecule has 0 radical (unpaired) electrons. The number of carbonyl (C=O) groups is 2. The topological polar surface area (TPSA) is 49.4 Å². The Bertz CT molecular complexity index is 529. The summed E-state index contributed by atoms with van der Waals surface area (Å²) in [5.74, 6) is 0.996. The van der Waals surface area contributed by atoms with Crippen LogP contribution in [0.25, 0.3) is 0 Å². The number of imide groups is 1. The summed E-state index contributed by atoms with van der Waals surface area (Å²) in [7, 11) is 0. The van der Waals surface area contributed by atoms with Gasteiger partial charge in [0.1, 0.15) is 0 Å². The van der Waals surface area contributed by atoms with Gasteiger partial charge in [-0.2, -0.15) is 0 Å². The molecule has 20 heavy (non-hydrogen) atoms. The maximum atomic E-state index is 12.5. The molecule has 0 aromatic heterocycles. The largest absolute Gasteiger partial charge is 0.367 e. The Morgan fingerprint density at radius 1 is 1.00 bits per heavy atom. The molecule has 2 bridgehead atoms. The van der Waals surface area contributed by atoms with Gasteiger partial charge < -0.3 is 5.32 Å². The molecule has 4 heteroatoms. The summed E-state index contributed by atoms with van der Waals surface area (Å²) >= 11 is 0. The molecule has 2 amide bonds. The lowest BCUT2D eigenvalue weighted by atomic mass is 9.81. The molecule has 3 fully saturated rings. The van der Waals surface area contributed by atoms with Gasteiger partial charge in [0.2, 0.25) is 11.8 Å². The van der Waals surface area contributed by atoms with Gasteiger partial charge in [-0.15, -0.1) is 0 Å². The maximum Gasteiger partial charge on any atom is 0.234 e. The van der Waals surface area contributed by atoms with Crippen LogP contribution in [0.1, 0.15) is 19.3 Å². The number of likely N-dealkylation sites (tertiary alicyclic amines) is 1. The van der Waals surface area contributed by atoms with Gasteiger partial charge in [0.05, 0.1) is 18.5 Å². The number of nitrogens with one attached hydrogen (secondary N) is 1.